The molecule has 1 aliphatic carbocycles. The highest BCUT2D eigenvalue weighted by atomic mass is 16.1. The van der Waals surface area contributed by atoms with Crippen molar-refractivity contribution in [1.82, 2.24) is 0 Å². The number of hydrogen-bond donors (Lipinski definition) is 0. The lowest BCUT2D eigenvalue weighted by molar-refractivity contribution is 0.0913. The van der Waals surface area contributed by atoms with Crippen molar-refractivity contribution in [3.05, 3.63) is 84.4 Å². The number of Topliss-reactive ketones (excluding diaryl/α,β-unsaturated/α-hetero) is 1. The Morgan fingerprint density at radius 2 is 1.54 bits per heavy atom. The van der Waals surface area contributed by atoms with Gasteiger partial charge in [-0.3, -0.25) is 4.79 Å². The smallest absolute Gasteiger partial charge is 0.166 e. The zero-order chi connectivity index (χ0) is 16.4. The van der Waals surface area contributed by atoms with Gasteiger partial charge in [-0.05, 0) is 41.2 Å². The molecule has 1 nitrogen and oxygen atoms in total. The number of allylic oxidation sites excluding steroid dienone is 2. The van der Waals surface area contributed by atoms with Crippen molar-refractivity contribution >= 4 is 16.6 Å². The molecule has 24 heavy (non-hydrogen) atoms. The predicted octanol–water partition coefficient (Wildman–Crippen LogP) is 6.05. The summed E-state index contributed by atoms with van der Waals surface area (Å²) in [5.41, 5.74) is 3.05. The van der Waals surface area contributed by atoms with Crippen molar-refractivity contribution in [1.29, 1.82) is 0 Å². The molecule has 0 saturated heterocycles. The summed E-state index contributed by atoms with van der Waals surface area (Å²) in [6.45, 7) is 0. The Morgan fingerprint density at radius 1 is 0.792 bits per heavy atom. The normalized spacial score (nSPS) is 17.1. The molecule has 1 atom stereocenters. The van der Waals surface area contributed by atoms with Crippen LogP contribution in [-0.2, 0) is 0 Å². The summed E-state index contributed by atoms with van der Waals surface area (Å²) in [4.78, 5) is 13.1. The summed E-state index contributed by atoms with van der Waals surface area (Å²) >= 11 is 0. The quantitative estimate of drug-likeness (QED) is 0.425. The van der Waals surface area contributed by atoms with E-state index < -0.39 is 0 Å². The molecule has 0 heterocycles. The van der Waals surface area contributed by atoms with Gasteiger partial charge in [0.1, 0.15) is 0 Å². The van der Waals surface area contributed by atoms with Crippen LogP contribution < -0.4 is 0 Å². The van der Waals surface area contributed by atoms with Gasteiger partial charge in [-0.1, -0.05) is 78.9 Å². The van der Waals surface area contributed by atoms with Crippen LogP contribution in [-0.4, -0.2) is 5.78 Å². The van der Waals surface area contributed by atoms with E-state index in [-0.39, 0.29) is 11.7 Å². The van der Waals surface area contributed by atoms with Crippen molar-refractivity contribution in [3.63, 3.8) is 0 Å². The van der Waals surface area contributed by atoms with Crippen molar-refractivity contribution in [3.8, 4) is 11.1 Å². The van der Waals surface area contributed by atoms with Gasteiger partial charge in [0.05, 0.1) is 0 Å². The van der Waals surface area contributed by atoms with Crippen LogP contribution in [0.5, 0.6) is 0 Å². The van der Waals surface area contributed by atoms with Gasteiger partial charge in [-0.15, -0.1) is 0 Å². The van der Waals surface area contributed by atoms with Crippen molar-refractivity contribution in [2.45, 2.75) is 19.3 Å². The van der Waals surface area contributed by atoms with Crippen LogP contribution in [0.2, 0.25) is 0 Å². The van der Waals surface area contributed by atoms with E-state index in [1.54, 1.807) is 0 Å². The third kappa shape index (κ3) is 2.67. The van der Waals surface area contributed by atoms with Crippen LogP contribution >= 0.6 is 0 Å². The molecule has 1 heteroatoms. The maximum atomic E-state index is 13.1. The van der Waals surface area contributed by atoms with Crippen LogP contribution in [0.25, 0.3) is 21.9 Å². The Labute approximate surface area is 142 Å². The molecule has 0 amide bonds. The van der Waals surface area contributed by atoms with E-state index in [4.69, 9.17) is 0 Å². The lowest BCUT2D eigenvalue weighted by Gasteiger charge is -2.19. The zero-order valence-electron chi connectivity index (χ0n) is 13.6. The molecule has 0 aromatic heterocycles. The molecule has 3 aromatic rings. The Kier molecular flexibility index (Phi) is 4.00. The molecule has 4 rings (SSSR count). The van der Waals surface area contributed by atoms with E-state index in [0.29, 0.717) is 0 Å². The minimum absolute atomic E-state index is 0.117. The fourth-order valence-corrected chi connectivity index (χ4v) is 3.64. The second-order valence-electron chi connectivity index (χ2n) is 6.42. The second-order valence-corrected chi connectivity index (χ2v) is 6.42. The molecule has 1 unspecified atom stereocenters. The first-order chi connectivity index (χ1) is 11.8. The minimum atomic E-state index is 0.117. The van der Waals surface area contributed by atoms with E-state index in [2.05, 4.69) is 60.7 Å². The van der Waals surface area contributed by atoms with Gasteiger partial charge in [0, 0.05) is 11.5 Å². The van der Waals surface area contributed by atoms with E-state index in [1.807, 2.05) is 18.2 Å². The third-order valence-corrected chi connectivity index (χ3v) is 4.91. The summed E-state index contributed by atoms with van der Waals surface area (Å²) in [6, 6.07) is 22.7. The number of ketones is 1. The Morgan fingerprint density at radius 3 is 2.42 bits per heavy atom. The number of carbonyl (C=O) groups is 1. The summed E-state index contributed by atoms with van der Waals surface area (Å²) < 4.78 is 0. The summed E-state index contributed by atoms with van der Waals surface area (Å²) in [5.74, 6) is 0.397. The summed E-state index contributed by atoms with van der Waals surface area (Å²) in [7, 11) is 0. The highest BCUT2D eigenvalue weighted by Crippen LogP contribution is 2.33. The number of fused-ring (bicyclic) bond motifs is 1. The first-order valence-corrected chi connectivity index (χ1v) is 8.61. The zero-order valence-corrected chi connectivity index (χ0v) is 13.6. The van der Waals surface area contributed by atoms with Crippen LogP contribution in [0.15, 0.2) is 78.9 Å². The molecule has 0 N–H and O–H groups in total. The lowest BCUT2D eigenvalue weighted by Crippen LogP contribution is -2.16. The van der Waals surface area contributed by atoms with Crippen molar-refractivity contribution in [2.24, 2.45) is 5.92 Å². The second kappa shape index (κ2) is 6.45. The largest absolute Gasteiger partial charge is 0.294 e. The Balaban J connectivity index is 1.84. The SMILES string of the molecule is O=C(c1ccccc1-c1cccc2ccccc12)C1CC=CCC1. The van der Waals surface area contributed by atoms with Gasteiger partial charge in [0.15, 0.2) is 5.78 Å². The lowest BCUT2D eigenvalue weighted by atomic mass is 9.84. The van der Waals surface area contributed by atoms with Crippen molar-refractivity contribution in [2.75, 3.05) is 0 Å². The average Bonchev–Trinajstić information content (AvgIpc) is 2.68. The maximum absolute atomic E-state index is 13.1. The molecular weight excluding hydrogens is 292 g/mol. The number of benzene rings is 3. The fourth-order valence-electron chi connectivity index (χ4n) is 3.64. The monoisotopic (exact) mass is 312 g/mol. The molecule has 118 valence electrons. The molecule has 0 bridgehead atoms. The van der Waals surface area contributed by atoms with Gasteiger partial charge in [0.2, 0.25) is 0 Å². The maximum Gasteiger partial charge on any atom is 0.166 e. The summed E-state index contributed by atoms with van der Waals surface area (Å²) in [5, 5.41) is 2.40. The molecule has 0 radical (unpaired) electrons. The number of hydrogen-bond acceptors (Lipinski definition) is 1. The molecule has 0 saturated carbocycles. The Bertz CT molecular complexity index is 915. The first-order valence-electron chi connectivity index (χ1n) is 8.61. The van der Waals surface area contributed by atoms with E-state index in [1.165, 1.54) is 10.8 Å². The fraction of sp³-hybridized carbons (Fsp3) is 0.174. The van der Waals surface area contributed by atoms with Gasteiger partial charge >= 0.3 is 0 Å². The van der Waals surface area contributed by atoms with Crippen LogP contribution in [0, 0.1) is 5.92 Å². The van der Waals surface area contributed by atoms with Crippen LogP contribution in [0.1, 0.15) is 29.6 Å². The molecule has 1 aliphatic rings. The predicted molar refractivity (Wildman–Crippen MR) is 100 cm³/mol. The number of carbonyl (C=O) groups excluding carboxylic acids is 1. The molecular formula is C23H20O. The Hall–Kier alpha value is -2.67. The van der Waals surface area contributed by atoms with Gasteiger partial charge in [-0.2, -0.15) is 0 Å². The van der Waals surface area contributed by atoms with E-state index in [9.17, 15) is 4.79 Å². The van der Waals surface area contributed by atoms with Gasteiger partial charge in [-0.25, -0.2) is 0 Å². The average molecular weight is 312 g/mol. The van der Waals surface area contributed by atoms with Gasteiger partial charge < -0.3 is 0 Å². The topological polar surface area (TPSA) is 17.1 Å². The molecule has 3 aromatic carbocycles. The highest BCUT2D eigenvalue weighted by Gasteiger charge is 2.23. The summed E-state index contributed by atoms with van der Waals surface area (Å²) in [6.07, 6.45) is 7.15. The minimum Gasteiger partial charge on any atom is -0.294 e. The van der Waals surface area contributed by atoms with E-state index in [0.717, 1.165) is 36.0 Å². The van der Waals surface area contributed by atoms with Crippen LogP contribution in [0.4, 0.5) is 0 Å². The molecule has 0 fully saturated rings. The number of rotatable bonds is 3. The molecule has 0 aliphatic heterocycles. The molecule has 0 spiro atoms. The van der Waals surface area contributed by atoms with E-state index >= 15 is 0 Å². The van der Waals surface area contributed by atoms with Crippen LogP contribution in [0.3, 0.4) is 0 Å². The standard InChI is InChI=1S/C23H20O/c24-23(18-10-2-1-3-11-18)22-15-7-6-14-21(22)20-16-8-12-17-9-4-5-13-19(17)20/h1-2,4-9,12-16,18H,3,10-11H2. The highest BCUT2D eigenvalue weighted by molar-refractivity contribution is 6.07. The third-order valence-electron chi connectivity index (χ3n) is 4.91. The van der Waals surface area contributed by atoms with Gasteiger partial charge in [0.25, 0.3) is 0 Å². The van der Waals surface area contributed by atoms with Crippen molar-refractivity contribution < 1.29 is 4.79 Å². The first kappa shape index (κ1) is 14.9.